The lowest BCUT2D eigenvalue weighted by molar-refractivity contribution is 0.0529. The summed E-state index contributed by atoms with van der Waals surface area (Å²) in [7, 11) is -1.49. The zero-order valence-corrected chi connectivity index (χ0v) is 15.2. The number of ether oxygens (including phenoxy) is 1. The first-order valence-electron chi connectivity index (χ1n) is 7.75. The summed E-state index contributed by atoms with van der Waals surface area (Å²) in [6.45, 7) is 5.78. The van der Waals surface area contributed by atoms with Crippen molar-refractivity contribution in [2.45, 2.75) is 37.9 Å². The van der Waals surface area contributed by atoms with Crippen LogP contribution in [0.5, 0.6) is 0 Å². The Labute approximate surface area is 148 Å². The summed E-state index contributed by atoms with van der Waals surface area (Å²) < 4.78 is 18.9. The van der Waals surface area contributed by atoms with Crippen LogP contribution >= 0.6 is 0 Å². The van der Waals surface area contributed by atoms with Crippen molar-refractivity contribution in [3.05, 3.63) is 41.8 Å². The van der Waals surface area contributed by atoms with Gasteiger partial charge in [0.05, 0.1) is 5.69 Å². The van der Waals surface area contributed by atoms with E-state index < -0.39 is 22.5 Å². The highest BCUT2D eigenvalue weighted by Crippen LogP contribution is 2.11. The number of hydrogen-bond donors (Lipinski definition) is 1. The lowest BCUT2D eigenvalue weighted by atomic mass is 10.2. The summed E-state index contributed by atoms with van der Waals surface area (Å²) in [5, 5.41) is 15.6. The van der Waals surface area contributed by atoms with Gasteiger partial charge in [-0.05, 0) is 49.8 Å². The van der Waals surface area contributed by atoms with Crippen LogP contribution in [0.15, 0.2) is 47.0 Å². The second kappa shape index (κ2) is 8.52. The molecule has 0 saturated heterocycles. The Bertz CT molecular complexity index is 753. The molecular formula is C16H21N5O3S. The Morgan fingerprint density at radius 2 is 2.04 bits per heavy atom. The number of hydrogen-bond acceptors (Lipinski definition) is 6. The molecule has 1 amide bonds. The Kier molecular flexibility index (Phi) is 6.40. The van der Waals surface area contributed by atoms with Crippen molar-refractivity contribution in [1.29, 1.82) is 0 Å². The molecule has 134 valence electrons. The molecule has 8 nitrogen and oxygen atoms in total. The Balaban J connectivity index is 1.86. The van der Waals surface area contributed by atoms with Crippen molar-refractivity contribution in [2.75, 3.05) is 6.54 Å². The van der Waals surface area contributed by atoms with Crippen molar-refractivity contribution in [1.82, 2.24) is 25.5 Å². The molecule has 2 rings (SSSR count). The van der Waals surface area contributed by atoms with Crippen LogP contribution in [0.1, 0.15) is 27.2 Å². The predicted octanol–water partition coefficient (Wildman–Crippen LogP) is 2.20. The van der Waals surface area contributed by atoms with Crippen molar-refractivity contribution < 1.29 is 13.7 Å². The van der Waals surface area contributed by atoms with E-state index in [4.69, 9.17) is 4.74 Å². The van der Waals surface area contributed by atoms with Crippen LogP contribution in [-0.2, 0) is 15.5 Å². The number of benzene rings is 1. The molecule has 9 heteroatoms. The summed E-state index contributed by atoms with van der Waals surface area (Å²) in [6, 6.07) is 9.23. The Morgan fingerprint density at radius 1 is 1.32 bits per heavy atom. The van der Waals surface area contributed by atoms with E-state index in [0.29, 0.717) is 13.0 Å². The highest BCUT2D eigenvalue weighted by atomic mass is 32.2. The fourth-order valence-corrected chi connectivity index (χ4v) is 2.69. The van der Waals surface area contributed by atoms with Gasteiger partial charge in [-0.15, -0.1) is 0 Å². The van der Waals surface area contributed by atoms with Gasteiger partial charge in [0.1, 0.15) is 16.4 Å². The van der Waals surface area contributed by atoms with Crippen LogP contribution in [0.4, 0.5) is 4.79 Å². The van der Waals surface area contributed by atoms with E-state index in [9.17, 15) is 9.00 Å². The quantitative estimate of drug-likeness (QED) is 0.790. The minimum atomic E-state index is -1.49. The predicted molar refractivity (Wildman–Crippen MR) is 93.6 cm³/mol. The minimum Gasteiger partial charge on any atom is -0.444 e. The van der Waals surface area contributed by atoms with Crippen LogP contribution in [0.25, 0.3) is 5.69 Å². The van der Waals surface area contributed by atoms with Gasteiger partial charge in [-0.3, -0.25) is 0 Å². The topological polar surface area (TPSA) is 99.0 Å². The Morgan fingerprint density at radius 3 is 2.72 bits per heavy atom. The molecule has 0 spiro atoms. The largest absolute Gasteiger partial charge is 0.444 e. The molecular weight excluding hydrogens is 342 g/mol. The molecule has 0 fully saturated rings. The third-order valence-electron chi connectivity index (χ3n) is 2.82. The number of aromatic nitrogens is 4. The molecule has 25 heavy (non-hydrogen) atoms. The molecule has 1 heterocycles. The van der Waals surface area contributed by atoms with Gasteiger partial charge in [-0.1, -0.05) is 29.4 Å². The van der Waals surface area contributed by atoms with E-state index in [1.54, 1.807) is 26.8 Å². The standard InChI is InChI=1S/C16H21N5O3S/c1-16(2,3)24-15(22)17-11-7-8-12-25(23)14-18-19-20-21(14)13-9-5-4-6-10-13/h4-6,8-10,12H,7,11H2,1-3H3,(H,17,22)/b12-8+. The number of nitrogens with zero attached hydrogens (tertiary/aromatic N) is 4. The van der Waals surface area contributed by atoms with Crippen LogP contribution < -0.4 is 5.32 Å². The Hall–Kier alpha value is -2.55. The lowest BCUT2D eigenvalue weighted by Gasteiger charge is -2.19. The summed E-state index contributed by atoms with van der Waals surface area (Å²) in [5.74, 6) is 0. The van der Waals surface area contributed by atoms with Gasteiger partial charge < -0.3 is 10.1 Å². The number of alkyl carbamates (subject to hydrolysis) is 1. The van der Waals surface area contributed by atoms with Crippen molar-refractivity contribution in [2.24, 2.45) is 0 Å². The summed E-state index contributed by atoms with van der Waals surface area (Å²) >= 11 is 0. The van der Waals surface area contributed by atoms with Gasteiger partial charge in [0.2, 0.25) is 5.16 Å². The maximum Gasteiger partial charge on any atom is 0.407 e. The molecule has 2 aromatic rings. The fraction of sp³-hybridized carbons (Fsp3) is 0.375. The SMILES string of the molecule is CC(C)(C)OC(=O)NCC/C=C/S(=O)c1nnnn1-c1ccccc1. The van der Waals surface area contributed by atoms with Gasteiger partial charge in [-0.25, -0.2) is 9.00 Å². The average molecular weight is 363 g/mol. The van der Waals surface area contributed by atoms with E-state index in [0.717, 1.165) is 5.69 Å². The summed E-state index contributed by atoms with van der Waals surface area (Å²) in [6.07, 6.45) is 1.74. The molecule has 1 aromatic heterocycles. The average Bonchev–Trinajstić information content (AvgIpc) is 3.03. The van der Waals surface area contributed by atoms with E-state index in [1.807, 2.05) is 30.3 Å². The number of nitrogens with one attached hydrogen (secondary N) is 1. The summed E-state index contributed by atoms with van der Waals surface area (Å²) in [5.41, 5.74) is 0.200. The molecule has 1 N–H and O–H groups in total. The molecule has 0 aliphatic carbocycles. The second-order valence-corrected chi connectivity index (χ2v) is 7.33. The minimum absolute atomic E-state index is 0.238. The number of carbonyl (C=O) groups excluding carboxylic acids is 1. The van der Waals surface area contributed by atoms with Crippen molar-refractivity contribution in [3.8, 4) is 5.69 Å². The van der Waals surface area contributed by atoms with Crippen LogP contribution in [0.3, 0.4) is 0 Å². The number of para-hydroxylation sites is 1. The van der Waals surface area contributed by atoms with E-state index in [1.165, 1.54) is 10.1 Å². The van der Waals surface area contributed by atoms with E-state index in [-0.39, 0.29) is 5.16 Å². The number of tetrazole rings is 1. The molecule has 0 aliphatic heterocycles. The van der Waals surface area contributed by atoms with Gasteiger partial charge in [0.15, 0.2) is 0 Å². The first-order chi connectivity index (χ1) is 11.9. The highest BCUT2D eigenvalue weighted by Gasteiger charge is 2.15. The van der Waals surface area contributed by atoms with Crippen LogP contribution in [0.2, 0.25) is 0 Å². The maximum absolute atomic E-state index is 12.3. The van der Waals surface area contributed by atoms with E-state index in [2.05, 4.69) is 20.8 Å². The van der Waals surface area contributed by atoms with Gasteiger partial charge in [0.25, 0.3) is 0 Å². The van der Waals surface area contributed by atoms with Crippen molar-refractivity contribution in [3.63, 3.8) is 0 Å². The highest BCUT2D eigenvalue weighted by molar-refractivity contribution is 7.87. The normalized spacial score (nSPS) is 12.9. The van der Waals surface area contributed by atoms with Crippen LogP contribution in [-0.4, -0.2) is 42.7 Å². The van der Waals surface area contributed by atoms with Gasteiger partial charge in [0, 0.05) is 12.0 Å². The van der Waals surface area contributed by atoms with Gasteiger partial charge in [-0.2, -0.15) is 4.68 Å². The van der Waals surface area contributed by atoms with Crippen LogP contribution in [0, 0.1) is 0 Å². The molecule has 0 saturated carbocycles. The molecule has 1 atom stereocenters. The third kappa shape index (κ3) is 6.11. The zero-order chi connectivity index (χ0) is 18.3. The zero-order valence-electron chi connectivity index (χ0n) is 14.4. The molecule has 0 aliphatic rings. The smallest absolute Gasteiger partial charge is 0.407 e. The molecule has 0 radical (unpaired) electrons. The lowest BCUT2D eigenvalue weighted by Crippen LogP contribution is -2.32. The molecule has 0 bridgehead atoms. The number of amides is 1. The first-order valence-corrected chi connectivity index (χ1v) is 8.96. The van der Waals surface area contributed by atoms with Crippen molar-refractivity contribution >= 4 is 16.9 Å². The molecule has 1 unspecified atom stereocenters. The van der Waals surface area contributed by atoms with Gasteiger partial charge >= 0.3 is 6.09 Å². The summed E-state index contributed by atoms with van der Waals surface area (Å²) in [4.78, 5) is 11.5. The number of carbonyl (C=O) groups is 1. The van der Waals surface area contributed by atoms with E-state index >= 15 is 0 Å². The maximum atomic E-state index is 12.3. The number of rotatable bonds is 6. The second-order valence-electron chi connectivity index (χ2n) is 6.10. The third-order valence-corrected chi connectivity index (χ3v) is 3.87. The monoisotopic (exact) mass is 363 g/mol. The fourth-order valence-electron chi connectivity index (χ4n) is 1.82. The molecule has 1 aromatic carbocycles. The first kappa shape index (κ1) is 18.8.